The Hall–Kier alpha value is -2.38. The first-order chi connectivity index (χ1) is 16.3. The minimum absolute atomic E-state index is 0.192. The molecule has 0 amide bonds. The summed E-state index contributed by atoms with van der Waals surface area (Å²) in [4.78, 5) is 22.8. The fourth-order valence-electron chi connectivity index (χ4n) is 4.41. The molecule has 2 aliphatic carbocycles. The van der Waals surface area contributed by atoms with E-state index >= 15 is 0 Å². The van der Waals surface area contributed by atoms with Crippen LogP contribution < -0.4 is 9.47 Å². The van der Waals surface area contributed by atoms with Crippen LogP contribution in [0.2, 0.25) is 0 Å². The molecule has 0 bridgehead atoms. The maximum absolute atomic E-state index is 13.0. The number of halogens is 2. The van der Waals surface area contributed by atoms with Crippen molar-refractivity contribution in [2.75, 3.05) is 13.2 Å². The summed E-state index contributed by atoms with van der Waals surface area (Å²) in [6, 6.07) is 7.55. The van der Waals surface area contributed by atoms with Crippen LogP contribution in [0.1, 0.15) is 65.2 Å². The van der Waals surface area contributed by atoms with Gasteiger partial charge in [0.25, 0.3) is 0 Å². The Morgan fingerprint density at radius 1 is 0.706 bits per heavy atom. The van der Waals surface area contributed by atoms with E-state index in [9.17, 15) is 18.4 Å². The van der Waals surface area contributed by atoms with Gasteiger partial charge in [0.1, 0.15) is 23.7 Å². The lowest BCUT2D eigenvalue weighted by atomic mass is 9.88. The fraction of sp³-hybridized carbons (Fsp3) is 0.692. The van der Waals surface area contributed by atoms with Crippen molar-refractivity contribution in [3.05, 3.63) is 24.3 Å². The van der Waals surface area contributed by atoms with Crippen molar-refractivity contribution in [2.45, 2.75) is 89.8 Å². The Morgan fingerprint density at radius 2 is 1.03 bits per heavy atom. The highest BCUT2D eigenvalue weighted by atomic mass is 19.1. The van der Waals surface area contributed by atoms with Crippen LogP contribution in [0.3, 0.4) is 0 Å². The Kier molecular flexibility index (Phi) is 9.96. The summed E-state index contributed by atoms with van der Waals surface area (Å²) in [5.41, 5.74) is 0. The fourth-order valence-corrected chi connectivity index (χ4v) is 4.41. The van der Waals surface area contributed by atoms with E-state index in [-0.39, 0.29) is 12.2 Å². The van der Waals surface area contributed by atoms with Gasteiger partial charge in [0.2, 0.25) is 0 Å². The lowest BCUT2D eigenvalue weighted by molar-refractivity contribution is -0.157. The quantitative estimate of drug-likeness (QED) is 0.418. The molecule has 3 rings (SSSR count). The minimum atomic E-state index is -1.58. The normalized spacial score (nSPS) is 26.7. The molecule has 6 nitrogen and oxygen atoms in total. The Morgan fingerprint density at radius 3 is 1.32 bits per heavy atom. The van der Waals surface area contributed by atoms with Crippen molar-refractivity contribution in [3.8, 4) is 11.5 Å². The predicted octanol–water partition coefficient (Wildman–Crippen LogP) is 5.36. The van der Waals surface area contributed by atoms with E-state index < -0.39 is 24.3 Å². The van der Waals surface area contributed by atoms with Crippen molar-refractivity contribution >= 4 is 11.9 Å². The maximum Gasteiger partial charge on any atom is 0.340 e. The molecule has 0 radical (unpaired) electrons. The van der Waals surface area contributed by atoms with Crippen LogP contribution in [0.15, 0.2) is 24.3 Å². The van der Waals surface area contributed by atoms with Gasteiger partial charge in [0, 0.05) is 0 Å². The molecule has 2 saturated carbocycles. The molecule has 190 valence electrons. The van der Waals surface area contributed by atoms with Crippen LogP contribution in [0, 0.1) is 11.8 Å². The standard InChI is InChI=1S/C26H36F2O6/c1-17(27)25(29)33-23-7-3-19(4-8-23)15-31-21-11-13-22(14-12-21)32-16-20-5-9-24(10-6-20)34-26(30)18(2)28/h11-14,17-20,23-24H,3-10,15-16H2,1-2H3/t17-,18-,19?,20?,23?,24?/m1/s1. The molecule has 34 heavy (non-hydrogen) atoms. The van der Waals surface area contributed by atoms with Crippen LogP contribution in [-0.2, 0) is 19.1 Å². The zero-order valence-electron chi connectivity index (χ0n) is 20.0. The van der Waals surface area contributed by atoms with Gasteiger partial charge in [-0.15, -0.1) is 0 Å². The molecule has 1 aromatic rings. The van der Waals surface area contributed by atoms with E-state index in [2.05, 4.69) is 0 Å². The Balaban J connectivity index is 1.30. The SMILES string of the molecule is C[C@@H](F)C(=O)OC1CCC(COc2ccc(OCC3CCC(OC(=O)[C@@H](C)F)CC3)cc2)CC1. The number of hydrogen-bond donors (Lipinski definition) is 0. The van der Waals surface area contributed by atoms with E-state index in [0.29, 0.717) is 25.0 Å². The van der Waals surface area contributed by atoms with Crippen LogP contribution in [0.5, 0.6) is 11.5 Å². The summed E-state index contributed by atoms with van der Waals surface area (Å²) < 4.78 is 48.1. The molecule has 0 aliphatic heterocycles. The molecule has 2 fully saturated rings. The number of carbonyl (C=O) groups excluding carboxylic acids is 2. The minimum Gasteiger partial charge on any atom is -0.493 e. The molecular weight excluding hydrogens is 446 g/mol. The summed E-state index contributed by atoms with van der Waals surface area (Å²) in [6.07, 6.45) is 2.93. The second-order valence-electron chi connectivity index (χ2n) is 9.48. The maximum atomic E-state index is 13.0. The number of alkyl halides is 2. The highest BCUT2D eigenvalue weighted by Crippen LogP contribution is 2.29. The van der Waals surface area contributed by atoms with E-state index in [4.69, 9.17) is 18.9 Å². The summed E-state index contributed by atoms with van der Waals surface area (Å²) in [7, 11) is 0. The summed E-state index contributed by atoms with van der Waals surface area (Å²) in [5.74, 6) is 0.771. The predicted molar refractivity (Wildman–Crippen MR) is 122 cm³/mol. The van der Waals surface area contributed by atoms with Crippen molar-refractivity contribution in [2.24, 2.45) is 11.8 Å². The third kappa shape index (κ3) is 8.44. The Labute approximate surface area is 200 Å². The summed E-state index contributed by atoms with van der Waals surface area (Å²) >= 11 is 0. The van der Waals surface area contributed by atoms with Gasteiger partial charge in [-0.1, -0.05) is 0 Å². The average Bonchev–Trinajstić information content (AvgIpc) is 2.83. The van der Waals surface area contributed by atoms with Crippen molar-refractivity contribution in [1.29, 1.82) is 0 Å². The van der Waals surface area contributed by atoms with Gasteiger partial charge in [-0.3, -0.25) is 0 Å². The first kappa shape index (κ1) is 26.2. The van der Waals surface area contributed by atoms with Crippen LogP contribution >= 0.6 is 0 Å². The number of hydrogen-bond acceptors (Lipinski definition) is 6. The molecule has 0 saturated heterocycles. The van der Waals surface area contributed by atoms with Crippen LogP contribution in [-0.4, -0.2) is 49.7 Å². The Bertz CT molecular complexity index is 701. The van der Waals surface area contributed by atoms with Gasteiger partial charge in [-0.25, -0.2) is 18.4 Å². The highest BCUT2D eigenvalue weighted by molar-refractivity contribution is 5.74. The third-order valence-electron chi connectivity index (χ3n) is 6.60. The van der Waals surface area contributed by atoms with Crippen LogP contribution in [0.25, 0.3) is 0 Å². The largest absolute Gasteiger partial charge is 0.493 e. The topological polar surface area (TPSA) is 71.1 Å². The van der Waals surface area contributed by atoms with Gasteiger partial charge >= 0.3 is 11.9 Å². The molecule has 1 aromatic carbocycles. The zero-order valence-corrected chi connectivity index (χ0v) is 20.0. The van der Waals surface area contributed by atoms with Gasteiger partial charge < -0.3 is 18.9 Å². The lowest BCUT2D eigenvalue weighted by Gasteiger charge is -2.28. The molecule has 0 N–H and O–H groups in total. The second-order valence-corrected chi connectivity index (χ2v) is 9.48. The molecule has 0 unspecified atom stereocenters. The number of esters is 2. The van der Waals surface area contributed by atoms with E-state index in [0.717, 1.165) is 62.9 Å². The molecule has 2 aliphatic rings. The first-order valence-electron chi connectivity index (χ1n) is 12.3. The monoisotopic (exact) mass is 482 g/mol. The molecule has 0 spiro atoms. The van der Waals surface area contributed by atoms with Crippen molar-refractivity contribution in [3.63, 3.8) is 0 Å². The van der Waals surface area contributed by atoms with Gasteiger partial charge in [0.05, 0.1) is 13.2 Å². The van der Waals surface area contributed by atoms with Gasteiger partial charge in [0.15, 0.2) is 12.3 Å². The van der Waals surface area contributed by atoms with E-state index in [1.807, 2.05) is 24.3 Å². The first-order valence-corrected chi connectivity index (χ1v) is 12.3. The van der Waals surface area contributed by atoms with Crippen LogP contribution in [0.4, 0.5) is 8.78 Å². The molecule has 0 aromatic heterocycles. The van der Waals surface area contributed by atoms with Crippen molar-refractivity contribution in [1.82, 2.24) is 0 Å². The van der Waals surface area contributed by atoms with E-state index in [1.54, 1.807) is 0 Å². The summed E-state index contributed by atoms with van der Waals surface area (Å²) in [5, 5.41) is 0. The highest BCUT2D eigenvalue weighted by Gasteiger charge is 2.27. The summed E-state index contributed by atoms with van der Waals surface area (Å²) in [6.45, 7) is 3.58. The molecular formula is C26H36F2O6. The number of rotatable bonds is 10. The third-order valence-corrected chi connectivity index (χ3v) is 6.60. The van der Waals surface area contributed by atoms with Crippen molar-refractivity contribution < 1.29 is 37.3 Å². The average molecular weight is 483 g/mol. The lowest BCUT2D eigenvalue weighted by Crippen LogP contribution is -2.29. The van der Waals surface area contributed by atoms with Gasteiger partial charge in [-0.2, -0.15) is 0 Å². The van der Waals surface area contributed by atoms with E-state index in [1.165, 1.54) is 13.8 Å². The smallest absolute Gasteiger partial charge is 0.340 e. The van der Waals surface area contributed by atoms with Gasteiger partial charge in [-0.05, 0) is 101 Å². The number of carbonyl (C=O) groups is 2. The zero-order chi connectivity index (χ0) is 24.5. The molecule has 8 heteroatoms. The number of ether oxygens (including phenoxy) is 4. The number of benzene rings is 1. The molecule has 0 heterocycles. The second kappa shape index (κ2) is 12.9. The molecule has 2 atom stereocenters.